The van der Waals surface area contributed by atoms with E-state index < -0.39 is 11.2 Å². The molecule has 1 N–H and O–H groups in total. The van der Waals surface area contributed by atoms with Gasteiger partial charge in [-0.15, -0.1) is 10.2 Å². The number of unbranched alkanes of at least 4 members (excludes halogenated alkanes) is 1. The van der Waals surface area contributed by atoms with Gasteiger partial charge in [-0.05, 0) is 42.8 Å². The van der Waals surface area contributed by atoms with Crippen molar-refractivity contribution in [2.75, 3.05) is 11.1 Å². The second-order valence-corrected chi connectivity index (χ2v) is 8.59. The van der Waals surface area contributed by atoms with Gasteiger partial charge in [0.2, 0.25) is 11.0 Å². The van der Waals surface area contributed by atoms with E-state index in [1.807, 2.05) is 18.2 Å². The maximum Gasteiger partial charge on any atom is 0.433 e. The molecule has 0 bridgehead atoms. The number of benzene rings is 1. The highest BCUT2D eigenvalue weighted by molar-refractivity contribution is 9.10. The SMILES string of the molecule is CCCCSc1nnc2c(n1)OC(C=Cc1ccc([N+](=O)[O-])o1)Nc1ccc(Br)cc1-2. The number of fused-ring (bicyclic) bond motifs is 3. The lowest BCUT2D eigenvalue weighted by atomic mass is 10.1. The number of hydrogen-bond acceptors (Lipinski definition) is 9. The minimum atomic E-state index is -0.601. The van der Waals surface area contributed by atoms with Gasteiger partial charge >= 0.3 is 5.88 Å². The number of ether oxygens (including phenoxy) is 1. The van der Waals surface area contributed by atoms with Crippen molar-refractivity contribution in [2.24, 2.45) is 0 Å². The van der Waals surface area contributed by atoms with E-state index >= 15 is 0 Å². The highest BCUT2D eigenvalue weighted by Crippen LogP contribution is 2.38. The molecule has 1 aliphatic rings. The summed E-state index contributed by atoms with van der Waals surface area (Å²) < 4.78 is 12.2. The molecule has 160 valence electrons. The summed E-state index contributed by atoms with van der Waals surface area (Å²) >= 11 is 5.03. The van der Waals surface area contributed by atoms with Gasteiger partial charge in [-0.1, -0.05) is 41.0 Å². The summed E-state index contributed by atoms with van der Waals surface area (Å²) in [5.41, 5.74) is 2.14. The maximum atomic E-state index is 10.8. The fourth-order valence-corrected chi connectivity index (χ4v) is 4.08. The highest BCUT2D eigenvalue weighted by Gasteiger charge is 2.24. The van der Waals surface area contributed by atoms with Crippen LogP contribution in [0.3, 0.4) is 0 Å². The summed E-state index contributed by atoms with van der Waals surface area (Å²) in [6, 6.07) is 8.56. The van der Waals surface area contributed by atoms with E-state index in [2.05, 4.69) is 43.4 Å². The number of nitrogens with one attached hydrogen (secondary N) is 1. The van der Waals surface area contributed by atoms with E-state index in [-0.39, 0.29) is 5.88 Å². The third-order valence-corrected chi connectivity index (χ3v) is 5.78. The Morgan fingerprint density at radius 2 is 2.19 bits per heavy atom. The number of nitro groups is 1. The van der Waals surface area contributed by atoms with Crippen LogP contribution in [0.4, 0.5) is 11.6 Å². The van der Waals surface area contributed by atoms with Gasteiger partial charge < -0.3 is 14.5 Å². The lowest BCUT2D eigenvalue weighted by Gasteiger charge is -2.15. The maximum absolute atomic E-state index is 10.8. The summed E-state index contributed by atoms with van der Waals surface area (Å²) in [6.07, 6.45) is 4.86. The molecule has 4 rings (SSSR count). The van der Waals surface area contributed by atoms with Crippen LogP contribution in [0, 0.1) is 10.1 Å². The molecule has 1 atom stereocenters. The van der Waals surface area contributed by atoms with Crippen molar-refractivity contribution in [2.45, 2.75) is 31.1 Å². The predicted octanol–water partition coefficient (Wildman–Crippen LogP) is 5.54. The zero-order valence-corrected chi connectivity index (χ0v) is 18.9. The molecular weight excluding hydrogens is 486 g/mol. The fourth-order valence-electron chi connectivity index (χ4n) is 2.86. The Labute approximate surface area is 190 Å². The minimum Gasteiger partial charge on any atom is -0.448 e. The third kappa shape index (κ3) is 5.05. The molecule has 11 heteroatoms. The van der Waals surface area contributed by atoms with Crippen LogP contribution in [-0.4, -0.2) is 32.1 Å². The van der Waals surface area contributed by atoms with Crippen LogP contribution in [0.15, 0.2) is 50.5 Å². The molecule has 31 heavy (non-hydrogen) atoms. The topological polar surface area (TPSA) is 116 Å². The minimum absolute atomic E-state index is 0.319. The van der Waals surface area contributed by atoms with Crippen molar-refractivity contribution in [1.82, 2.24) is 15.2 Å². The van der Waals surface area contributed by atoms with Gasteiger partial charge in [0.05, 0.1) is 6.07 Å². The zero-order chi connectivity index (χ0) is 21.8. The molecule has 0 radical (unpaired) electrons. The summed E-state index contributed by atoms with van der Waals surface area (Å²) in [6.45, 7) is 2.13. The van der Waals surface area contributed by atoms with Gasteiger partial charge in [0, 0.05) is 21.5 Å². The first-order valence-electron chi connectivity index (χ1n) is 9.56. The highest BCUT2D eigenvalue weighted by atomic mass is 79.9. The molecule has 0 fully saturated rings. The molecule has 1 unspecified atom stereocenters. The van der Waals surface area contributed by atoms with Crippen molar-refractivity contribution in [1.29, 1.82) is 0 Å². The first kappa shape index (κ1) is 21.3. The standard InChI is InChI=1S/C20H18BrN5O4S/c1-2-3-10-31-20-23-19-18(24-25-20)14-11-12(21)4-7-15(14)22-16(30-19)8-5-13-6-9-17(29-13)26(27)28/h4-9,11,16,22H,2-3,10H2,1H3. The van der Waals surface area contributed by atoms with Crippen molar-refractivity contribution < 1.29 is 14.1 Å². The Morgan fingerprint density at radius 3 is 2.97 bits per heavy atom. The average Bonchev–Trinajstić information content (AvgIpc) is 3.17. The molecule has 0 saturated carbocycles. The molecule has 3 aromatic rings. The van der Waals surface area contributed by atoms with Gasteiger partial charge in [0.15, 0.2) is 11.9 Å². The molecule has 0 amide bonds. The molecule has 0 saturated heterocycles. The van der Waals surface area contributed by atoms with E-state index in [1.54, 1.807) is 12.2 Å². The Bertz CT molecular complexity index is 1140. The molecular formula is C20H18BrN5O4S. The number of aromatic nitrogens is 3. The van der Waals surface area contributed by atoms with Crippen molar-refractivity contribution >= 4 is 45.3 Å². The Hall–Kier alpha value is -2.92. The first-order valence-corrected chi connectivity index (χ1v) is 11.3. The van der Waals surface area contributed by atoms with Gasteiger partial charge in [-0.2, -0.15) is 4.98 Å². The number of thioether (sulfide) groups is 1. The van der Waals surface area contributed by atoms with Crippen LogP contribution in [0.2, 0.25) is 0 Å². The van der Waals surface area contributed by atoms with E-state index in [0.29, 0.717) is 22.5 Å². The van der Waals surface area contributed by atoms with Gasteiger partial charge in [-0.25, -0.2) is 0 Å². The Morgan fingerprint density at radius 1 is 1.32 bits per heavy atom. The van der Waals surface area contributed by atoms with E-state index in [1.165, 1.54) is 23.9 Å². The first-order chi connectivity index (χ1) is 15.0. The predicted molar refractivity (Wildman–Crippen MR) is 121 cm³/mol. The number of anilines is 1. The summed E-state index contributed by atoms with van der Waals surface area (Å²) in [5.74, 6) is 1.28. The van der Waals surface area contributed by atoms with Crippen LogP contribution < -0.4 is 10.1 Å². The molecule has 3 heterocycles. The zero-order valence-electron chi connectivity index (χ0n) is 16.4. The van der Waals surface area contributed by atoms with E-state index in [0.717, 1.165) is 34.3 Å². The van der Waals surface area contributed by atoms with Crippen LogP contribution in [0.25, 0.3) is 17.3 Å². The molecule has 1 aliphatic heterocycles. The van der Waals surface area contributed by atoms with E-state index in [9.17, 15) is 10.1 Å². The second-order valence-electron chi connectivity index (χ2n) is 6.62. The van der Waals surface area contributed by atoms with Crippen molar-refractivity contribution in [3.63, 3.8) is 0 Å². The van der Waals surface area contributed by atoms with Gasteiger partial charge in [0.25, 0.3) is 0 Å². The second kappa shape index (κ2) is 9.48. The lowest BCUT2D eigenvalue weighted by Crippen LogP contribution is -2.23. The normalized spacial score (nSPS) is 15.0. The third-order valence-electron chi connectivity index (χ3n) is 4.37. The molecule has 2 aromatic heterocycles. The number of rotatable bonds is 7. The largest absolute Gasteiger partial charge is 0.448 e. The molecule has 9 nitrogen and oxygen atoms in total. The monoisotopic (exact) mass is 503 g/mol. The van der Waals surface area contributed by atoms with E-state index in [4.69, 9.17) is 9.15 Å². The van der Waals surface area contributed by atoms with Crippen LogP contribution in [0.1, 0.15) is 25.5 Å². The summed E-state index contributed by atoms with van der Waals surface area (Å²) in [4.78, 5) is 14.8. The van der Waals surface area contributed by atoms with Gasteiger partial charge in [-0.3, -0.25) is 10.1 Å². The van der Waals surface area contributed by atoms with Crippen molar-refractivity contribution in [3.05, 3.63) is 56.8 Å². The number of nitrogens with zero attached hydrogens (tertiary/aromatic N) is 4. The number of halogens is 1. The van der Waals surface area contributed by atoms with Crippen LogP contribution in [-0.2, 0) is 0 Å². The van der Waals surface area contributed by atoms with Gasteiger partial charge in [0.1, 0.15) is 10.7 Å². The van der Waals surface area contributed by atoms with Crippen LogP contribution in [0.5, 0.6) is 5.88 Å². The van der Waals surface area contributed by atoms with Crippen molar-refractivity contribution in [3.8, 4) is 17.1 Å². The lowest BCUT2D eigenvalue weighted by molar-refractivity contribution is -0.402. The fraction of sp³-hybridized carbons (Fsp3) is 0.250. The quantitative estimate of drug-likeness (QED) is 0.192. The Kier molecular flexibility index (Phi) is 6.52. The number of hydrogen-bond donors (Lipinski definition) is 1. The molecule has 0 aliphatic carbocycles. The Balaban J connectivity index is 1.65. The summed E-state index contributed by atoms with van der Waals surface area (Å²) in [7, 11) is 0. The average molecular weight is 504 g/mol. The molecule has 1 aromatic carbocycles. The smallest absolute Gasteiger partial charge is 0.433 e. The summed E-state index contributed by atoms with van der Waals surface area (Å²) in [5, 5.41) is 23.3. The number of furan rings is 1. The van der Waals surface area contributed by atoms with Crippen LogP contribution >= 0.6 is 27.7 Å². The molecule has 0 spiro atoms.